The molecule has 0 saturated carbocycles. The lowest BCUT2D eigenvalue weighted by Gasteiger charge is -2.31. The standard InChI is InChI=1S/C18H31NO6/c1-5-23-18(22)15-7-6-9-19(11-15)16(20)12-25-17(21)14(4)24-10-8-13(2)3/h13-15H,5-12H2,1-4H3. The van der Waals surface area contributed by atoms with Gasteiger partial charge in [-0.2, -0.15) is 0 Å². The van der Waals surface area contributed by atoms with Crippen LogP contribution in [0.25, 0.3) is 0 Å². The van der Waals surface area contributed by atoms with Gasteiger partial charge >= 0.3 is 11.9 Å². The molecule has 0 bridgehead atoms. The predicted octanol–water partition coefficient (Wildman–Crippen LogP) is 1.78. The van der Waals surface area contributed by atoms with E-state index in [9.17, 15) is 14.4 Å². The molecular weight excluding hydrogens is 326 g/mol. The minimum atomic E-state index is -0.694. The van der Waals surface area contributed by atoms with Gasteiger partial charge in [-0.1, -0.05) is 13.8 Å². The molecule has 0 spiro atoms. The van der Waals surface area contributed by atoms with Crippen LogP contribution < -0.4 is 0 Å². The molecule has 2 atom stereocenters. The lowest BCUT2D eigenvalue weighted by molar-refractivity contribution is -0.163. The number of likely N-dealkylation sites (tertiary alicyclic amines) is 1. The first-order chi connectivity index (χ1) is 11.8. The zero-order valence-corrected chi connectivity index (χ0v) is 15.8. The summed E-state index contributed by atoms with van der Waals surface area (Å²) in [5, 5.41) is 0. The normalized spacial score (nSPS) is 18.8. The van der Waals surface area contributed by atoms with Gasteiger partial charge in [0.1, 0.15) is 0 Å². The molecule has 0 aliphatic carbocycles. The average molecular weight is 357 g/mol. The molecule has 1 fully saturated rings. The first-order valence-corrected chi connectivity index (χ1v) is 9.07. The van der Waals surface area contributed by atoms with Gasteiger partial charge in [-0.25, -0.2) is 4.79 Å². The molecular formula is C18H31NO6. The van der Waals surface area contributed by atoms with Crippen LogP contribution in [0.5, 0.6) is 0 Å². The van der Waals surface area contributed by atoms with Crippen LogP contribution >= 0.6 is 0 Å². The van der Waals surface area contributed by atoms with Gasteiger partial charge < -0.3 is 19.1 Å². The fourth-order valence-corrected chi connectivity index (χ4v) is 2.55. The van der Waals surface area contributed by atoms with E-state index in [4.69, 9.17) is 14.2 Å². The van der Waals surface area contributed by atoms with Gasteiger partial charge in [-0.05, 0) is 39.0 Å². The second-order valence-corrected chi connectivity index (χ2v) is 6.73. The van der Waals surface area contributed by atoms with E-state index in [1.54, 1.807) is 18.7 Å². The van der Waals surface area contributed by atoms with E-state index in [1.807, 2.05) is 0 Å². The van der Waals surface area contributed by atoms with Gasteiger partial charge in [0.2, 0.25) is 0 Å². The Hall–Kier alpha value is -1.63. The molecule has 0 radical (unpaired) electrons. The van der Waals surface area contributed by atoms with Gasteiger partial charge in [-0.3, -0.25) is 9.59 Å². The first-order valence-electron chi connectivity index (χ1n) is 9.07. The third kappa shape index (κ3) is 7.86. The molecule has 2 unspecified atom stereocenters. The Morgan fingerprint density at radius 2 is 1.88 bits per heavy atom. The highest BCUT2D eigenvalue weighted by molar-refractivity contribution is 5.82. The maximum Gasteiger partial charge on any atom is 0.335 e. The van der Waals surface area contributed by atoms with Crippen LogP contribution in [0, 0.1) is 11.8 Å². The molecule has 1 amide bonds. The Kier molecular flexibility index (Phi) is 9.49. The van der Waals surface area contributed by atoms with Crippen molar-refractivity contribution < 1.29 is 28.6 Å². The largest absolute Gasteiger partial charge is 0.466 e. The number of piperidine rings is 1. The van der Waals surface area contributed by atoms with E-state index in [1.165, 1.54) is 0 Å². The van der Waals surface area contributed by atoms with Crippen LogP contribution in [0.4, 0.5) is 0 Å². The number of carbonyl (C=O) groups excluding carboxylic acids is 3. The molecule has 7 heteroatoms. The summed E-state index contributed by atoms with van der Waals surface area (Å²) in [5.41, 5.74) is 0. The number of hydrogen-bond acceptors (Lipinski definition) is 6. The third-order valence-electron chi connectivity index (χ3n) is 4.13. The number of carbonyl (C=O) groups is 3. The van der Waals surface area contributed by atoms with Crippen LogP contribution in [0.3, 0.4) is 0 Å². The average Bonchev–Trinajstić information content (AvgIpc) is 2.59. The highest BCUT2D eigenvalue weighted by atomic mass is 16.6. The van der Waals surface area contributed by atoms with Crippen molar-refractivity contribution in [3.8, 4) is 0 Å². The third-order valence-corrected chi connectivity index (χ3v) is 4.13. The van der Waals surface area contributed by atoms with Crippen LogP contribution in [0.15, 0.2) is 0 Å². The minimum Gasteiger partial charge on any atom is -0.466 e. The summed E-state index contributed by atoms with van der Waals surface area (Å²) in [6.07, 6.45) is 1.61. The maximum absolute atomic E-state index is 12.2. The first kappa shape index (κ1) is 21.4. The van der Waals surface area contributed by atoms with Crippen molar-refractivity contribution in [2.45, 2.75) is 53.1 Å². The van der Waals surface area contributed by atoms with Crippen LogP contribution in [-0.2, 0) is 28.6 Å². The van der Waals surface area contributed by atoms with Crippen molar-refractivity contribution in [1.82, 2.24) is 4.90 Å². The van der Waals surface area contributed by atoms with Gasteiger partial charge in [0, 0.05) is 19.7 Å². The summed E-state index contributed by atoms with van der Waals surface area (Å²) in [4.78, 5) is 37.4. The molecule has 1 heterocycles. The lowest BCUT2D eigenvalue weighted by Crippen LogP contribution is -2.44. The summed E-state index contributed by atoms with van der Waals surface area (Å²) < 4.78 is 15.5. The topological polar surface area (TPSA) is 82.1 Å². The van der Waals surface area contributed by atoms with Crippen LogP contribution in [0.2, 0.25) is 0 Å². The second-order valence-electron chi connectivity index (χ2n) is 6.73. The molecule has 1 saturated heterocycles. The quantitative estimate of drug-likeness (QED) is 0.585. The molecule has 0 aromatic rings. The molecule has 1 aliphatic rings. The summed E-state index contributed by atoms with van der Waals surface area (Å²) >= 11 is 0. The van der Waals surface area contributed by atoms with Crippen molar-refractivity contribution in [1.29, 1.82) is 0 Å². The van der Waals surface area contributed by atoms with E-state index in [0.29, 0.717) is 38.6 Å². The molecule has 1 rings (SSSR count). The number of esters is 2. The molecule has 0 aromatic heterocycles. The molecule has 0 N–H and O–H groups in total. The van der Waals surface area contributed by atoms with Gasteiger partial charge in [-0.15, -0.1) is 0 Å². The monoisotopic (exact) mass is 357 g/mol. The van der Waals surface area contributed by atoms with Crippen molar-refractivity contribution in [3.05, 3.63) is 0 Å². The van der Waals surface area contributed by atoms with Crippen LogP contribution in [0.1, 0.15) is 47.0 Å². The van der Waals surface area contributed by atoms with E-state index < -0.39 is 12.1 Å². The highest BCUT2D eigenvalue weighted by Gasteiger charge is 2.30. The summed E-state index contributed by atoms with van der Waals surface area (Å²) in [6.45, 7) is 8.89. The molecule has 25 heavy (non-hydrogen) atoms. The number of rotatable bonds is 9. The fraction of sp³-hybridized carbons (Fsp3) is 0.833. The van der Waals surface area contributed by atoms with E-state index in [-0.39, 0.29) is 24.4 Å². The highest BCUT2D eigenvalue weighted by Crippen LogP contribution is 2.18. The Morgan fingerprint density at radius 1 is 1.16 bits per heavy atom. The zero-order valence-electron chi connectivity index (χ0n) is 15.8. The zero-order chi connectivity index (χ0) is 18.8. The van der Waals surface area contributed by atoms with Gasteiger partial charge in [0.15, 0.2) is 12.7 Å². The number of amides is 1. The molecule has 7 nitrogen and oxygen atoms in total. The van der Waals surface area contributed by atoms with Gasteiger partial charge in [0.05, 0.1) is 12.5 Å². The van der Waals surface area contributed by atoms with Crippen molar-refractivity contribution >= 4 is 17.8 Å². The Morgan fingerprint density at radius 3 is 2.52 bits per heavy atom. The second kappa shape index (κ2) is 11.1. The van der Waals surface area contributed by atoms with E-state index in [0.717, 1.165) is 12.8 Å². The van der Waals surface area contributed by atoms with Crippen molar-refractivity contribution in [2.24, 2.45) is 11.8 Å². The molecule has 0 aromatic carbocycles. The van der Waals surface area contributed by atoms with E-state index >= 15 is 0 Å². The van der Waals surface area contributed by atoms with E-state index in [2.05, 4.69) is 13.8 Å². The fourth-order valence-electron chi connectivity index (χ4n) is 2.55. The summed E-state index contributed by atoms with van der Waals surface area (Å²) in [6, 6.07) is 0. The molecule has 1 aliphatic heterocycles. The maximum atomic E-state index is 12.2. The smallest absolute Gasteiger partial charge is 0.335 e. The SMILES string of the molecule is CCOC(=O)C1CCCN(C(=O)COC(=O)C(C)OCCC(C)C)C1. The van der Waals surface area contributed by atoms with Gasteiger partial charge in [0.25, 0.3) is 5.91 Å². The Labute approximate surface area is 150 Å². The predicted molar refractivity (Wildman–Crippen MR) is 91.8 cm³/mol. The summed E-state index contributed by atoms with van der Waals surface area (Å²) in [7, 11) is 0. The van der Waals surface area contributed by atoms with Crippen molar-refractivity contribution in [3.63, 3.8) is 0 Å². The molecule has 144 valence electrons. The number of ether oxygens (including phenoxy) is 3. The minimum absolute atomic E-state index is 0.274. The lowest BCUT2D eigenvalue weighted by atomic mass is 9.98. The van der Waals surface area contributed by atoms with Crippen LogP contribution in [-0.4, -0.2) is 61.8 Å². The number of nitrogens with zero attached hydrogens (tertiary/aromatic N) is 1. The van der Waals surface area contributed by atoms with Crippen molar-refractivity contribution in [2.75, 3.05) is 32.9 Å². The Balaban J connectivity index is 2.35. The number of hydrogen-bond donors (Lipinski definition) is 0. The Bertz CT molecular complexity index is 451. The summed E-state index contributed by atoms with van der Waals surface area (Å²) in [5.74, 6) is -0.917.